The van der Waals surface area contributed by atoms with E-state index in [-0.39, 0.29) is 6.10 Å². The van der Waals surface area contributed by atoms with Crippen molar-refractivity contribution < 1.29 is 14.2 Å². The first-order chi connectivity index (χ1) is 6.33. The van der Waals surface area contributed by atoms with Gasteiger partial charge in [0.1, 0.15) is 6.10 Å². The number of hydrogen-bond donors (Lipinski definition) is 0. The first-order valence-electron chi connectivity index (χ1n) is 5.14. The Balaban J connectivity index is 1.81. The summed E-state index contributed by atoms with van der Waals surface area (Å²) in [5.74, 6) is 0. The van der Waals surface area contributed by atoms with Gasteiger partial charge in [-0.15, -0.1) is 0 Å². The lowest BCUT2D eigenvalue weighted by Gasteiger charge is -2.12. The number of epoxide rings is 1. The van der Waals surface area contributed by atoms with Crippen LogP contribution in [0.2, 0.25) is 0 Å². The Morgan fingerprint density at radius 2 is 2.31 bits per heavy atom. The fourth-order valence-corrected chi connectivity index (χ4v) is 0.980. The molecule has 3 nitrogen and oxygen atoms in total. The summed E-state index contributed by atoms with van der Waals surface area (Å²) < 4.78 is 16.0. The van der Waals surface area contributed by atoms with Gasteiger partial charge in [-0.25, -0.2) is 0 Å². The molecular formula is C10H20O3. The average Bonchev–Trinajstić information content (AvgIpc) is 2.92. The zero-order chi connectivity index (χ0) is 9.52. The lowest BCUT2D eigenvalue weighted by molar-refractivity contribution is -0.0121. The van der Waals surface area contributed by atoms with Crippen LogP contribution in [-0.4, -0.2) is 38.6 Å². The van der Waals surface area contributed by atoms with Gasteiger partial charge in [0, 0.05) is 6.61 Å². The Hall–Kier alpha value is -0.120. The van der Waals surface area contributed by atoms with Crippen LogP contribution in [0.1, 0.15) is 26.7 Å². The van der Waals surface area contributed by atoms with Crippen molar-refractivity contribution in [1.82, 2.24) is 0 Å². The molecule has 0 N–H and O–H groups in total. The SMILES string of the molecule is CCCCOCC(C)OCC1CO1. The quantitative estimate of drug-likeness (QED) is 0.428. The zero-order valence-corrected chi connectivity index (χ0v) is 8.62. The number of rotatable bonds is 8. The molecule has 0 aromatic rings. The van der Waals surface area contributed by atoms with Gasteiger partial charge in [0.2, 0.25) is 0 Å². The summed E-state index contributed by atoms with van der Waals surface area (Å²) >= 11 is 0. The predicted octanol–water partition coefficient (Wildman–Crippen LogP) is 1.61. The topological polar surface area (TPSA) is 31.0 Å². The van der Waals surface area contributed by atoms with Crippen molar-refractivity contribution in [1.29, 1.82) is 0 Å². The zero-order valence-electron chi connectivity index (χ0n) is 8.62. The summed E-state index contributed by atoms with van der Waals surface area (Å²) in [6.45, 7) is 7.33. The molecule has 1 saturated heterocycles. The molecule has 13 heavy (non-hydrogen) atoms. The molecule has 1 aliphatic rings. The van der Waals surface area contributed by atoms with Crippen LogP contribution in [0, 0.1) is 0 Å². The van der Waals surface area contributed by atoms with E-state index in [0.717, 1.165) is 26.2 Å². The minimum atomic E-state index is 0.195. The fourth-order valence-electron chi connectivity index (χ4n) is 0.980. The number of ether oxygens (including phenoxy) is 3. The van der Waals surface area contributed by atoms with Crippen molar-refractivity contribution in [3.63, 3.8) is 0 Å². The van der Waals surface area contributed by atoms with Gasteiger partial charge < -0.3 is 14.2 Å². The van der Waals surface area contributed by atoms with Gasteiger partial charge in [0.05, 0.1) is 25.9 Å². The van der Waals surface area contributed by atoms with Gasteiger partial charge in [-0.05, 0) is 13.3 Å². The molecule has 2 atom stereocenters. The molecule has 0 aromatic heterocycles. The largest absolute Gasteiger partial charge is 0.379 e. The van der Waals surface area contributed by atoms with Crippen LogP contribution in [0.5, 0.6) is 0 Å². The van der Waals surface area contributed by atoms with E-state index in [9.17, 15) is 0 Å². The van der Waals surface area contributed by atoms with Crippen LogP contribution in [0.4, 0.5) is 0 Å². The summed E-state index contributed by atoms with van der Waals surface area (Å²) in [5.41, 5.74) is 0. The van der Waals surface area contributed by atoms with E-state index in [4.69, 9.17) is 14.2 Å². The summed E-state index contributed by atoms with van der Waals surface area (Å²) in [5, 5.41) is 0. The molecule has 0 bridgehead atoms. The third kappa shape index (κ3) is 6.02. The maximum absolute atomic E-state index is 5.50. The van der Waals surface area contributed by atoms with Crippen LogP contribution in [0.15, 0.2) is 0 Å². The van der Waals surface area contributed by atoms with E-state index >= 15 is 0 Å². The van der Waals surface area contributed by atoms with Crippen molar-refractivity contribution in [2.45, 2.75) is 38.9 Å². The Morgan fingerprint density at radius 1 is 1.54 bits per heavy atom. The highest BCUT2D eigenvalue weighted by atomic mass is 16.6. The Bertz CT molecular complexity index is 123. The van der Waals surface area contributed by atoms with Crippen molar-refractivity contribution in [2.24, 2.45) is 0 Å². The van der Waals surface area contributed by atoms with Crippen LogP contribution < -0.4 is 0 Å². The Labute approximate surface area is 80.4 Å². The Kier molecular flexibility index (Phi) is 5.35. The lowest BCUT2D eigenvalue weighted by Crippen LogP contribution is -2.18. The Morgan fingerprint density at radius 3 is 2.92 bits per heavy atom. The minimum Gasteiger partial charge on any atom is -0.379 e. The monoisotopic (exact) mass is 188 g/mol. The van der Waals surface area contributed by atoms with Gasteiger partial charge in [0.25, 0.3) is 0 Å². The molecular weight excluding hydrogens is 168 g/mol. The standard InChI is InChI=1S/C10H20O3/c1-3-4-5-11-6-9(2)12-7-10-8-13-10/h9-10H,3-8H2,1-2H3. The molecule has 1 heterocycles. The first-order valence-corrected chi connectivity index (χ1v) is 5.14. The van der Waals surface area contributed by atoms with Gasteiger partial charge in [-0.2, -0.15) is 0 Å². The molecule has 0 radical (unpaired) electrons. The van der Waals surface area contributed by atoms with E-state index in [1.807, 2.05) is 6.92 Å². The van der Waals surface area contributed by atoms with Crippen molar-refractivity contribution in [2.75, 3.05) is 26.4 Å². The molecule has 0 spiro atoms. The smallest absolute Gasteiger partial charge is 0.104 e. The predicted molar refractivity (Wildman–Crippen MR) is 50.9 cm³/mol. The van der Waals surface area contributed by atoms with Crippen LogP contribution in [0.3, 0.4) is 0 Å². The third-order valence-electron chi connectivity index (χ3n) is 1.96. The maximum Gasteiger partial charge on any atom is 0.104 e. The van der Waals surface area contributed by atoms with E-state index < -0.39 is 0 Å². The van der Waals surface area contributed by atoms with Gasteiger partial charge in [-0.1, -0.05) is 13.3 Å². The van der Waals surface area contributed by atoms with Gasteiger partial charge in [-0.3, -0.25) is 0 Å². The summed E-state index contributed by atoms with van der Waals surface area (Å²) in [6.07, 6.45) is 2.88. The average molecular weight is 188 g/mol. The molecule has 0 amide bonds. The van der Waals surface area contributed by atoms with Crippen molar-refractivity contribution >= 4 is 0 Å². The third-order valence-corrected chi connectivity index (χ3v) is 1.96. The molecule has 0 aromatic carbocycles. The molecule has 1 fully saturated rings. The molecule has 0 aliphatic carbocycles. The van der Waals surface area contributed by atoms with E-state index in [2.05, 4.69) is 6.92 Å². The highest BCUT2D eigenvalue weighted by Gasteiger charge is 2.23. The molecule has 0 saturated carbocycles. The highest BCUT2D eigenvalue weighted by molar-refractivity contribution is 4.68. The summed E-state index contributed by atoms with van der Waals surface area (Å²) in [7, 11) is 0. The number of unbranched alkanes of at least 4 members (excludes halogenated alkanes) is 1. The van der Waals surface area contributed by atoms with Crippen molar-refractivity contribution in [3.05, 3.63) is 0 Å². The van der Waals surface area contributed by atoms with Gasteiger partial charge >= 0.3 is 0 Å². The van der Waals surface area contributed by atoms with Gasteiger partial charge in [0.15, 0.2) is 0 Å². The second kappa shape index (κ2) is 6.35. The molecule has 1 aliphatic heterocycles. The van der Waals surface area contributed by atoms with Crippen LogP contribution in [-0.2, 0) is 14.2 Å². The molecule has 3 heteroatoms. The minimum absolute atomic E-state index is 0.195. The molecule has 78 valence electrons. The normalized spacial score (nSPS) is 23.1. The highest BCUT2D eigenvalue weighted by Crippen LogP contribution is 2.09. The maximum atomic E-state index is 5.50. The molecule has 1 rings (SSSR count). The summed E-state index contributed by atoms with van der Waals surface area (Å²) in [4.78, 5) is 0. The number of hydrogen-bond acceptors (Lipinski definition) is 3. The molecule has 2 unspecified atom stereocenters. The summed E-state index contributed by atoms with van der Waals surface area (Å²) in [6, 6.07) is 0. The van der Waals surface area contributed by atoms with E-state index in [0.29, 0.717) is 12.7 Å². The second-order valence-corrected chi connectivity index (χ2v) is 3.53. The fraction of sp³-hybridized carbons (Fsp3) is 1.00. The van der Waals surface area contributed by atoms with Crippen LogP contribution in [0.25, 0.3) is 0 Å². The lowest BCUT2D eigenvalue weighted by atomic mass is 10.3. The first kappa shape index (κ1) is 11.0. The van der Waals surface area contributed by atoms with Crippen LogP contribution >= 0.6 is 0 Å². The second-order valence-electron chi connectivity index (χ2n) is 3.53. The van der Waals surface area contributed by atoms with E-state index in [1.165, 1.54) is 6.42 Å². The van der Waals surface area contributed by atoms with E-state index in [1.54, 1.807) is 0 Å². The van der Waals surface area contributed by atoms with Crippen molar-refractivity contribution in [3.8, 4) is 0 Å².